The molecular weight excluding hydrogens is 1180 g/mol. The van der Waals surface area contributed by atoms with Gasteiger partial charge in [-0.1, -0.05) is 73.2 Å². The second kappa shape index (κ2) is 24.6. The van der Waals surface area contributed by atoms with E-state index in [1.54, 1.807) is 24.3 Å². The van der Waals surface area contributed by atoms with Crippen LogP contribution < -0.4 is 27.0 Å². The monoisotopic (exact) mass is 1230 g/mol. The summed E-state index contributed by atoms with van der Waals surface area (Å²) in [5, 5.41) is 14.6. The predicted octanol–water partition coefficient (Wildman–Crippen LogP) is 6.93. The number of aryl methyl sites for hydroxylation is 1. The molecule has 86 heavy (non-hydrogen) atoms. The molecule has 8 aromatic rings. The zero-order valence-corrected chi connectivity index (χ0v) is 48.4. The van der Waals surface area contributed by atoms with Crippen molar-refractivity contribution in [3.05, 3.63) is 109 Å². The van der Waals surface area contributed by atoms with Crippen LogP contribution in [0.2, 0.25) is 0 Å². The standard InChI is InChI=1S/C53H55BF2N16O11P2S/c1-2-39(75)69-21-30-10-5-6-11-32(30)42-45(33-12-7-8-13-34(33)69)72(68-67-42)19-9-3-4-14-37(73)59-20-38(74)66-31-17-15-29(16-18-31)24-86-85(77)79-23-36-46(40(55)52(81-36)70-27-64-43-48(57)60-25-62-50(43)70)82-84(54,76)78-22-35-47(83-85)41(56)53(80-35)71-28-65-44-49(58)61-26-63-51(44)71/h5-8,10-13,15-18,25-28,35-36,40-41,46-47,52-53H,2-4,9,14,19-24H2,1H3,(H,59,73)(H,66,74)(H2,57,60,62)(H2,58,61,63)/t35-,36-,40-,41-,46-,47-,52-,53-,84+,85?/m1/s1. The van der Waals surface area contributed by atoms with Crippen LogP contribution in [0.25, 0.3) is 44.8 Å². The van der Waals surface area contributed by atoms with E-state index in [9.17, 15) is 18.9 Å². The van der Waals surface area contributed by atoms with Crippen LogP contribution in [0.5, 0.6) is 0 Å². The molecule has 446 valence electrons. The number of aromatic nitrogens is 11. The Hall–Kier alpha value is -7.60. The molecule has 0 bridgehead atoms. The number of nitrogen functional groups attached to an aromatic ring is 2. The number of amides is 3. The number of benzene rings is 3. The van der Waals surface area contributed by atoms with Crippen LogP contribution in [0.3, 0.4) is 0 Å². The van der Waals surface area contributed by atoms with Gasteiger partial charge in [-0.2, -0.15) is 0 Å². The molecule has 9 heterocycles. The molecule has 27 nitrogen and oxygen atoms in total. The van der Waals surface area contributed by atoms with Crippen LogP contribution >= 0.6 is 25.7 Å². The summed E-state index contributed by atoms with van der Waals surface area (Å²) >= 11 is 0.660. The summed E-state index contributed by atoms with van der Waals surface area (Å²) in [6.45, 7) is -3.64. The number of anilines is 4. The Balaban J connectivity index is 0.675. The van der Waals surface area contributed by atoms with Crippen molar-refractivity contribution in [2.75, 3.05) is 41.4 Å². The molecule has 0 saturated carbocycles. The number of fused-ring (bicyclic) bond motifs is 9. The van der Waals surface area contributed by atoms with Crippen molar-refractivity contribution in [2.45, 2.75) is 107 Å². The Bertz CT molecular complexity index is 3960. The van der Waals surface area contributed by atoms with Gasteiger partial charge in [0.25, 0.3) is 7.47 Å². The van der Waals surface area contributed by atoms with E-state index in [1.807, 2.05) is 65.0 Å². The first-order valence-electron chi connectivity index (χ1n) is 27.4. The number of carbonyl (C=O) groups is 3. The van der Waals surface area contributed by atoms with E-state index in [4.69, 9.17) is 46.6 Å². The van der Waals surface area contributed by atoms with Gasteiger partial charge in [-0.05, 0) is 53.5 Å². The minimum atomic E-state index is -4.73. The van der Waals surface area contributed by atoms with Gasteiger partial charge in [0.2, 0.25) is 25.3 Å². The fourth-order valence-corrected chi connectivity index (χ4v) is 15.1. The van der Waals surface area contributed by atoms with E-state index in [0.717, 1.165) is 46.4 Å². The largest absolute Gasteiger partial charge is 0.389 e. The molecular formula is C53H55BF2N16O11P2S. The number of hydrogen-bond donors (Lipinski definition) is 4. The lowest BCUT2D eigenvalue weighted by atomic mass is 9.95. The van der Waals surface area contributed by atoms with Crippen LogP contribution in [0, 0.1) is 0 Å². The molecule has 3 aromatic carbocycles. The highest BCUT2D eigenvalue weighted by atomic mass is 32.7. The first-order chi connectivity index (χ1) is 41.5. The van der Waals surface area contributed by atoms with Gasteiger partial charge < -0.3 is 45.5 Å². The summed E-state index contributed by atoms with van der Waals surface area (Å²) < 4.78 is 102. The van der Waals surface area contributed by atoms with Crippen molar-refractivity contribution < 1.29 is 59.9 Å². The van der Waals surface area contributed by atoms with Crippen molar-refractivity contribution in [3.8, 4) is 22.5 Å². The topological polar surface area (TPSA) is 338 Å². The highest BCUT2D eigenvalue weighted by molar-refractivity contribution is 8.54. The quantitative estimate of drug-likeness (QED) is 0.0459. The lowest BCUT2D eigenvalue weighted by molar-refractivity contribution is -0.124. The van der Waals surface area contributed by atoms with E-state index in [1.165, 1.54) is 21.8 Å². The zero-order chi connectivity index (χ0) is 59.9. The van der Waals surface area contributed by atoms with Crippen LogP contribution in [0.1, 0.15) is 62.6 Å². The van der Waals surface area contributed by atoms with E-state index < -0.39 is 82.6 Å². The third kappa shape index (κ3) is 12.0. The third-order valence-corrected chi connectivity index (χ3v) is 19.6. The Morgan fingerprint density at radius 3 is 2.06 bits per heavy atom. The summed E-state index contributed by atoms with van der Waals surface area (Å²) in [4.78, 5) is 65.6. The van der Waals surface area contributed by atoms with E-state index in [0.29, 0.717) is 61.4 Å². The van der Waals surface area contributed by atoms with Crippen molar-refractivity contribution in [3.63, 3.8) is 0 Å². The van der Waals surface area contributed by atoms with Gasteiger partial charge in [-0.25, -0.2) is 47.9 Å². The van der Waals surface area contributed by atoms with Crippen LogP contribution in [-0.2, 0) is 69.9 Å². The maximum absolute atomic E-state index is 17.0. The number of hydrogen-bond acceptors (Lipinski definition) is 22. The molecule has 0 spiro atoms. The number of nitrogens with one attached hydrogen (secondary N) is 2. The molecule has 10 atom stereocenters. The molecule has 3 saturated heterocycles. The number of nitrogens with zero attached hydrogens (tertiary/aromatic N) is 12. The number of nitrogens with two attached hydrogens (primary N) is 2. The highest BCUT2D eigenvalue weighted by Crippen LogP contribution is 2.65. The zero-order valence-electron chi connectivity index (χ0n) is 45.8. The highest BCUT2D eigenvalue weighted by Gasteiger charge is 2.55. The second-order valence-electron chi connectivity index (χ2n) is 20.5. The SMILES string of the molecule is [B][P@]1(=O)OC[C@H]2O[C@@H](n3cnc4c(N)ncnc43)[C@H](F)[C@@H]2OP(=O)(SCc2ccc(NC(=O)CNC(=O)CCCCCn3nnc4c3-c3ccccc3N(C(=O)CC)Cc3ccccc3-4)cc2)OC[C@H]2O[C@@H](n3cnc4c(N)ncnc43)[C@H](F)[C@@H]2O1. The Labute approximate surface area is 493 Å². The lowest BCUT2D eigenvalue weighted by Crippen LogP contribution is -2.37. The Morgan fingerprint density at radius 2 is 1.38 bits per heavy atom. The number of carbonyl (C=O) groups excluding carboxylic acids is 3. The normalized spacial score (nSPS) is 25.6. The van der Waals surface area contributed by atoms with Gasteiger partial charge in [0.1, 0.15) is 53.8 Å². The molecule has 1 unspecified atom stereocenters. The smallest absolute Gasteiger partial charge is 0.382 e. The van der Waals surface area contributed by atoms with Gasteiger partial charge in [0, 0.05) is 42.0 Å². The number of para-hydroxylation sites is 1. The maximum atomic E-state index is 17.0. The molecule has 2 radical (unpaired) electrons. The maximum Gasteiger partial charge on any atom is 0.389 e. The Kier molecular flexibility index (Phi) is 16.8. The molecule has 12 rings (SSSR count). The number of imidazole rings is 2. The number of alkyl halides is 2. The minimum absolute atomic E-state index is 0.00347. The summed E-state index contributed by atoms with van der Waals surface area (Å²) in [6, 6.07) is 22.1. The van der Waals surface area contributed by atoms with Crippen LogP contribution in [0.15, 0.2) is 98.1 Å². The molecule has 3 fully saturated rings. The first-order valence-corrected chi connectivity index (χ1v) is 32.1. The van der Waals surface area contributed by atoms with E-state index in [2.05, 4.69) is 50.8 Å². The molecule has 3 amide bonds. The van der Waals surface area contributed by atoms with Crippen molar-refractivity contribution >= 4 is 96.3 Å². The van der Waals surface area contributed by atoms with Crippen molar-refractivity contribution in [2.24, 2.45) is 0 Å². The van der Waals surface area contributed by atoms with Gasteiger partial charge in [-0.3, -0.25) is 37.1 Å². The van der Waals surface area contributed by atoms with Gasteiger partial charge in [-0.15, -0.1) is 5.10 Å². The van der Waals surface area contributed by atoms with E-state index >= 15 is 13.3 Å². The lowest BCUT2D eigenvalue weighted by Gasteiger charge is -2.30. The average molecular weight is 1230 g/mol. The third-order valence-electron chi connectivity index (χ3n) is 14.9. The number of rotatable bonds is 15. The summed E-state index contributed by atoms with van der Waals surface area (Å²) in [6.07, 6.45) is -6.73. The fraction of sp³-hybridized carbons (Fsp3) is 0.377. The number of halogens is 2. The average Bonchev–Trinajstić information content (AvgIpc) is 1.92. The van der Waals surface area contributed by atoms with Gasteiger partial charge >= 0.3 is 6.80 Å². The molecule has 4 aliphatic heterocycles. The fourth-order valence-electron chi connectivity index (χ4n) is 10.7. The van der Waals surface area contributed by atoms with Crippen molar-refractivity contribution in [1.82, 2.24) is 59.3 Å². The minimum Gasteiger partial charge on any atom is -0.382 e. The first kappa shape index (κ1) is 58.8. The van der Waals surface area contributed by atoms with Crippen LogP contribution in [-0.4, -0.2) is 136 Å². The summed E-state index contributed by atoms with van der Waals surface area (Å²) in [7, 11) is 1.32. The number of unbranched alkanes of at least 4 members (excludes halogenated alkanes) is 2. The Morgan fingerprint density at radius 1 is 0.756 bits per heavy atom. The molecule has 0 aliphatic carbocycles. The van der Waals surface area contributed by atoms with Crippen LogP contribution in [0.4, 0.5) is 31.8 Å². The van der Waals surface area contributed by atoms with Gasteiger partial charge in [0.05, 0.1) is 50.3 Å². The predicted molar refractivity (Wildman–Crippen MR) is 310 cm³/mol. The summed E-state index contributed by atoms with van der Waals surface area (Å²) in [5.74, 6) is -0.853. The van der Waals surface area contributed by atoms with Gasteiger partial charge in [0.15, 0.2) is 47.7 Å². The second-order valence-corrected chi connectivity index (χ2v) is 26.1. The van der Waals surface area contributed by atoms with E-state index in [-0.39, 0.29) is 64.5 Å². The summed E-state index contributed by atoms with van der Waals surface area (Å²) in [5.41, 5.74) is 18.4. The van der Waals surface area contributed by atoms with Crippen molar-refractivity contribution in [1.29, 1.82) is 0 Å². The molecule has 33 heteroatoms. The molecule has 6 N–H and O–H groups in total. The number of ether oxygens (including phenoxy) is 2. The molecule has 5 aromatic heterocycles. The molecule has 4 aliphatic rings.